The van der Waals surface area contributed by atoms with Crippen LogP contribution in [0.4, 0.5) is 0 Å². The van der Waals surface area contributed by atoms with Gasteiger partial charge in [0.2, 0.25) is 29.4 Å². The Hall–Kier alpha value is -9.75. The van der Waals surface area contributed by atoms with Gasteiger partial charge < -0.3 is 68.6 Å². The van der Waals surface area contributed by atoms with Crippen LogP contribution in [0.25, 0.3) is 45.7 Å². The van der Waals surface area contributed by atoms with Crippen molar-refractivity contribution in [3.63, 3.8) is 0 Å². The molecule has 23 nitrogen and oxygen atoms in total. The van der Waals surface area contributed by atoms with Gasteiger partial charge in [-0.3, -0.25) is 14.4 Å². The predicted molar refractivity (Wildman–Crippen MR) is 401 cm³/mol. The summed E-state index contributed by atoms with van der Waals surface area (Å²) < 4.78 is 34.2. The molecule has 3 saturated heterocycles. The van der Waals surface area contributed by atoms with Crippen LogP contribution in [0.5, 0.6) is 17.2 Å². The number of ether oxygens (including phenoxy) is 3. The zero-order chi connectivity index (χ0) is 75.2. The van der Waals surface area contributed by atoms with Crippen molar-refractivity contribution in [2.24, 2.45) is 10.9 Å². The van der Waals surface area contributed by atoms with Gasteiger partial charge in [0.05, 0.1) is 43.7 Å². The van der Waals surface area contributed by atoms with Gasteiger partial charge in [0.15, 0.2) is 14.2 Å². The largest absolute Gasteiger partial charge is 0.491 e. The summed E-state index contributed by atoms with van der Waals surface area (Å²) in [4.78, 5) is 63.1. The Morgan fingerprint density at radius 2 is 0.933 bits per heavy atom. The van der Waals surface area contributed by atoms with Crippen molar-refractivity contribution >= 4 is 37.8 Å². The molecule has 3 amide bonds. The van der Waals surface area contributed by atoms with E-state index in [9.17, 15) is 29.4 Å². The average molecular weight is 1450 g/mol. The predicted octanol–water partition coefficient (Wildman–Crippen LogP) is 12.6. The zero-order valence-corrected chi connectivity index (χ0v) is 63.1. The highest BCUT2D eigenvalue weighted by molar-refractivity contribution is 6.74. The number of hydrogen-bond acceptors (Lipinski definition) is 18. The highest BCUT2D eigenvalue weighted by Gasteiger charge is 2.51. The third-order valence-corrected chi connectivity index (χ3v) is 25.9. The van der Waals surface area contributed by atoms with Crippen molar-refractivity contribution in [1.82, 2.24) is 35.0 Å². The fourth-order valence-corrected chi connectivity index (χ4v) is 16.3. The molecule has 3 atom stereocenters. The number of hydrogen-bond donors (Lipinski definition) is 5. The molecule has 0 bridgehead atoms. The summed E-state index contributed by atoms with van der Waals surface area (Å²) in [7, 11) is -1.81. The zero-order valence-electron chi connectivity index (χ0n) is 62.1. The fourth-order valence-electron chi connectivity index (χ4n) is 15.3. The summed E-state index contributed by atoms with van der Waals surface area (Å²) >= 11 is 0. The molecule has 105 heavy (non-hydrogen) atoms. The highest BCUT2D eigenvalue weighted by Crippen LogP contribution is 2.51. The number of nitrogens with two attached hydrogens (primary N) is 1. The number of aromatic nitrogens is 4. The van der Waals surface area contributed by atoms with Crippen LogP contribution < -0.4 is 19.9 Å². The van der Waals surface area contributed by atoms with Crippen LogP contribution in [-0.4, -0.2) is 171 Å². The minimum atomic E-state index is -1.81. The van der Waals surface area contributed by atoms with Crippen LogP contribution in [0.15, 0.2) is 142 Å². The standard InChI is InChI=1S/2C25H27N3O4.C21H33N3O3Si.C10H12O3/c2*1-16(2)31-18-8-6-17(7-9-18)24-26-23(27-32-24)20-4-3-5-21-19(20)10-11-25(21)14-22(30)28(15-25)12-13-29;1-20(2,3)28(4,5)27-12-11-24-14-21(13-18(24)25)10-9-15-16(19(22)23-26)7-6-8-17(15)21;1-7(2)13-9-5-3-8(4-6-9)10(11)12/h2*3-9,16,29H,10-15H2,1-2H3;6-8,26H,9-14H2,1-5H3,(H2,22,23);3-7H,1-2H3,(H,11,12). The number of fused-ring (bicyclic) bond motifs is 6. The lowest BCUT2D eigenvalue weighted by molar-refractivity contribution is -0.128. The van der Waals surface area contributed by atoms with Gasteiger partial charge in [-0.15, -0.1) is 0 Å². The maximum Gasteiger partial charge on any atom is 0.335 e. The van der Waals surface area contributed by atoms with Crippen molar-refractivity contribution in [2.45, 2.75) is 173 Å². The molecule has 3 spiro atoms. The Bertz CT molecular complexity index is 4250. The summed E-state index contributed by atoms with van der Waals surface area (Å²) in [6.45, 7) is 27.0. The number of benzene rings is 6. The van der Waals surface area contributed by atoms with E-state index in [0.29, 0.717) is 87.8 Å². The van der Waals surface area contributed by atoms with Gasteiger partial charge in [-0.1, -0.05) is 90.8 Å². The molecule has 3 aliphatic carbocycles. The number of β-amino-alcohol motifs (C(OH)–C–C–N with tert-alkyl or cyclic N) is 2. The second kappa shape index (κ2) is 31.9. The molecule has 556 valence electrons. The Morgan fingerprint density at radius 3 is 1.30 bits per heavy atom. The van der Waals surface area contributed by atoms with Crippen molar-refractivity contribution in [3.05, 3.63) is 172 Å². The Balaban J connectivity index is 0.000000145. The SMILES string of the molecule is CC(C)(C)[Si](C)(C)OCCN1CC2(CCc3c(C(N)=NO)cccc32)CC1=O.CC(C)Oc1ccc(-c2nc(-c3cccc4c3CCC43CC(=O)N(CCO)C3)no2)cc1.CC(C)Oc1ccc(-c2nc(-c3cccc4c3CCC43CC(=O)N(CCO)C3)no2)cc1.CC(C)Oc1ccc(C(=O)O)cc1. The molecule has 24 heteroatoms. The van der Waals surface area contributed by atoms with E-state index in [-0.39, 0.29) is 81.9 Å². The molecule has 6 aromatic carbocycles. The number of amides is 3. The lowest BCUT2D eigenvalue weighted by atomic mass is 9.80. The van der Waals surface area contributed by atoms with Crippen LogP contribution in [-0.2, 0) is 54.3 Å². The van der Waals surface area contributed by atoms with Crippen LogP contribution in [0, 0.1) is 0 Å². The normalized spacial score (nSPS) is 19.5. The quantitative estimate of drug-likeness (QED) is 0.0156. The molecule has 8 aromatic rings. The number of likely N-dealkylation sites (tertiary alicyclic amines) is 3. The van der Waals surface area contributed by atoms with Gasteiger partial charge >= 0.3 is 5.97 Å². The summed E-state index contributed by atoms with van der Waals surface area (Å²) in [6, 6.07) is 39.9. The van der Waals surface area contributed by atoms with E-state index in [4.69, 9.17) is 43.7 Å². The van der Waals surface area contributed by atoms with Gasteiger partial charge in [-0.2, -0.15) is 9.97 Å². The van der Waals surface area contributed by atoms with Gasteiger partial charge in [0.1, 0.15) is 17.2 Å². The van der Waals surface area contributed by atoms with E-state index in [2.05, 4.69) is 77.5 Å². The number of carboxylic acids is 1. The molecule has 14 rings (SSSR count). The molecule has 3 aliphatic heterocycles. The maximum absolute atomic E-state index is 12.8. The first-order chi connectivity index (χ1) is 50.1. The lowest BCUT2D eigenvalue weighted by Crippen LogP contribution is -2.43. The number of aliphatic hydroxyl groups is 2. The number of oxime groups is 1. The summed E-state index contributed by atoms with van der Waals surface area (Å²) in [5.74, 6) is 3.99. The molecule has 0 saturated carbocycles. The molecule has 6 aliphatic rings. The van der Waals surface area contributed by atoms with Crippen LogP contribution in [0.2, 0.25) is 18.1 Å². The minimum Gasteiger partial charge on any atom is -0.491 e. The summed E-state index contributed by atoms with van der Waals surface area (Å²) in [5.41, 5.74) is 17.1. The first-order valence-electron chi connectivity index (χ1n) is 36.3. The smallest absolute Gasteiger partial charge is 0.335 e. The van der Waals surface area contributed by atoms with E-state index in [1.807, 2.05) is 131 Å². The van der Waals surface area contributed by atoms with Gasteiger partial charge in [0, 0.05) is 103 Å². The molecule has 6 N–H and O–H groups in total. The number of aromatic carboxylic acids is 1. The molecule has 2 aromatic heterocycles. The number of carboxylic acid groups (broad SMARTS) is 1. The summed E-state index contributed by atoms with van der Waals surface area (Å²) in [6.07, 6.45) is 7.19. The van der Waals surface area contributed by atoms with Crippen LogP contribution in [0.1, 0.15) is 150 Å². The van der Waals surface area contributed by atoms with Gasteiger partial charge in [0.25, 0.3) is 11.8 Å². The topological polar surface area (TPSA) is 312 Å². The first-order valence-corrected chi connectivity index (χ1v) is 39.3. The monoisotopic (exact) mass is 1450 g/mol. The van der Waals surface area contributed by atoms with E-state index < -0.39 is 14.3 Å². The Labute approximate surface area is 614 Å². The van der Waals surface area contributed by atoms with Crippen LogP contribution in [0.3, 0.4) is 0 Å². The van der Waals surface area contributed by atoms with Gasteiger partial charge in [-0.05, 0) is 204 Å². The van der Waals surface area contributed by atoms with E-state index in [1.54, 1.807) is 21.9 Å². The number of aliphatic hydroxyl groups excluding tert-OH is 2. The first kappa shape index (κ1) is 76.4. The van der Waals surface area contributed by atoms with E-state index >= 15 is 0 Å². The van der Waals surface area contributed by atoms with E-state index in [1.165, 1.54) is 39.9 Å². The van der Waals surface area contributed by atoms with Crippen LogP contribution >= 0.6 is 0 Å². The van der Waals surface area contributed by atoms with Crippen molar-refractivity contribution in [2.75, 3.05) is 59.1 Å². The molecule has 3 fully saturated rings. The summed E-state index contributed by atoms with van der Waals surface area (Å²) in [5, 5.41) is 48.1. The molecular formula is C81H99N9O14Si. The number of nitrogens with zero attached hydrogens (tertiary/aromatic N) is 8. The van der Waals surface area contributed by atoms with Gasteiger partial charge in [-0.25, -0.2) is 4.79 Å². The van der Waals surface area contributed by atoms with Crippen molar-refractivity contribution in [3.8, 4) is 62.9 Å². The fraction of sp³-hybridized carbons (Fsp3) is 0.444. The highest BCUT2D eigenvalue weighted by atomic mass is 28.4. The lowest BCUT2D eigenvalue weighted by Gasteiger charge is -2.36. The number of rotatable bonds is 20. The maximum atomic E-state index is 12.8. The number of amidine groups is 1. The molecular weight excluding hydrogens is 1350 g/mol. The molecule has 0 radical (unpaired) electrons. The Morgan fingerprint density at radius 1 is 0.562 bits per heavy atom. The third kappa shape index (κ3) is 16.8. The average Bonchev–Trinajstić information content (AvgIpc) is 1.60. The second-order valence-electron chi connectivity index (χ2n) is 30.6. The van der Waals surface area contributed by atoms with Crippen molar-refractivity contribution in [1.29, 1.82) is 0 Å². The molecule has 3 unspecified atom stereocenters. The molecule has 5 heterocycles. The number of carbonyl (C=O) groups is 4. The van der Waals surface area contributed by atoms with E-state index in [0.717, 1.165) is 89.9 Å². The third-order valence-electron chi connectivity index (χ3n) is 21.3. The Kier molecular flexibility index (Phi) is 23.2. The van der Waals surface area contributed by atoms with Crippen molar-refractivity contribution < 1.29 is 67.4 Å². The second-order valence-corrected chi connectivity index (χ2v) is 35.4. The number of carbonyl (C=O) groups excluding carboxylic acids is 3. The minimum absolute atomic E-state index is 0.00900.